The van der Waals surface area contributed by atoms with Gasteiger partial charge < -0.3 is 5.11 Å². The number of aromatic hydroxyl groups is 1. The molecule has 0 aliphatic rings. The van der Waals surface area contributed by atoms with Crippen LogP contribution in [0.3, 0.4) is 0 Å². The van der Waals surface area contributed by atoms with Crippen LogP contribution in [-0.4, -0.2) is 14.9 Å². The molecular formula is C21H24N2O. The molecule has 3 aromatic rings. The van der Waals surface area contributed by atoms with Crippen LogP contribution in [0.4, 0.5) is 0 Å². The molecule has 3 nitrogen and oxygen atoms in total. The summed E-state index contributed by atoms with van der Waals surface area (Å²) in [6.45, 7) is 6.31. The van der Waals surface area contributed by atoms with Gasteiger partial charge in [0.2, 0.25) is 5.88 Å². The Morgan fingerprint density at radius 2 is 1.71 bits per heavy atom. The molecule has 0 fully saturated rings. The quantitative estimate of drug-likeness (QED) is 0.701. The summed E-state index contributed by atoms with van der Waals surface area (Å²) in [6.07, 6.45) is 2.95. The van der Waals surface area contributed by atoms with Crippen molar-refractivity contribution >= 4 is 0 Å². The molecule has 1 N–H and O–H groups in total. The first-order valence-electron chi connectivity index (χ1n) is 8.55. The fourth-order valence-corrected chi connectivity index (χ4v) is 3.01. The number of rotatable bonds is 5. The second-order valence-corrected chi connectivity index (χ2v) is 6.32. The van der Waals surface area contributed by atoms with Gasteiger partial charge in [0.15, 0.2) is 0 Å². The van der Waals surface area contributed by atoms with E-state index in [9.17, 15) is 5.11 Å². The van der Waals surface area contributed by atoms with Crippen LogP contribution in [0.2, 0.25) is 0 Å². The van der Waals surface area contributed by atoms with Crippen LogP contribution in [0.15, 0.2) is 48.5 Å². The maximum absolute atomic E-state index is 10.5. The van der Waals surface area contributed by atoms with E-state index in [-0.39, 0.29) is 5.88 Å². The highest BCUT2D eigenvalue weighted by Crippen LogP contribution is 2.34. The van der Waals surface area contributed by atoms with E-state index in [1.807, 2.05) is 22.9 Å². The Morgan fingerprint density at radius 1 is 1.00 bits per heavy atom. The lowest BCUT2D eigenvalue weighted by molar-refractivity contribution is 0.441. The van der Waals surface area contributed by atoms with E-state index in [0.717, 1.165) is 47.3 Å². The molecule has 0 radical (unpaired) electrons. The van der Waals surface area contributed by atoms with Crippen molar-refractivity contribution in [2.75, 3.05) is 0 Å². The molecule has 0 aliphatic heterocycles. The third-order valence-electron chi connectivity index (χ3n) is 4.41. The Morgan fingerprint density at radius 3 is 2.38 bits per heavy atom. The second-order valence-electron chi connectivity index (χ2n) is 6.32. The van der Waals surface area contributed by atoms with E-state index in [0.29, 0.717) is 0 Å². The van der Waals surface area contributed by atoms with Crippen LogP contribution in [0.1, 0.15) is 36.5 Å². The van der Waals surface area contributed by atoms with Crippen molar-refractivity contribution in [1.29, 1.82) is 0 Å². The first-order valence-corrected chi connectivity index (χ1v) is 8.55. The summed E-state index contributed by atoms with van der Waals surface area (Å²) in [5.74, 6) is 0.141. The van der Waals surface area contributed by atoms with Gasteiger partial charge in [0.1, 0.15) is 0 Å². The van der Waals surface area contributed by atoms with Crippen molar-refractivity contribution in [2.45, 2.75) is 40.0 Å². The zero-order valence-corrected chi connectivity index (χ0v) is 14.6. The first-order chi connectivity index (χ1) is 11.6. The second kappa shape index (κ2) is 6.91. The largest absolute Gasteiger partial charge is 0.492 e. The van der Waals surface area contributed by atoms with Crippen molar-refractivity contribution < 1.29 is 5.11 Å². The summed E-state index contributed by atoms with van der Waals surface area (Å²) in [5, 5.41) is 14.9. The molecule has 0 amide bonds. The molecule has 1 aromatic heterocycles. The number of aryl methyl sites for hydroxylation is 2. The van der Waals surface area contributed by atoms with Crippen LogP contribution < -0.4 is 0 Å². The molecular weight excluding hydrogens is 296 g/mol. The van der Waals surface area contributed by atoms with Crippen molar-refractivity contribution in [3.05, 3.63) is 65.2 Å². The predicted molar refractivity (Wildman–Crippen MR) is 98.8 cm³/mol. The van der Waals surface area contributed by atoms with Gasteiger partial charge in [-0.15, -0.1) is 5.10 Å². The zero-order chi connectivity index (χ0) is 17.1. The van der Waals surface area contributed by atoms with E-state index >= 15 is 0 Å². The van der Waals surface area contributed by atoms with E-state index in [1.54, 1.807) is 0 Å². The summed E-state index contributed by atoms with van der Waals surface area (Å²) in [7, 11) is 0. The van der Waals surface area contributed by atoms with Crippen LogP contribution in [0.25, 0.3) is 16.9 Å². The van der Waals surface area contributed by atoms with E-state index in [1.165, 1.54) is 5.56 Å². The Labute approximate surface area is 143 Å². The minimum atomic E-state index is 0.141. The maximum Gasteiger partial charge on any atom is 0.234 e. The number of aromatic nitrogens is 2. The van der Waals surface area contributed by atoms with Gasteiger partial charge in [-0.3, -0.25) is 0 Å². The first kappa shape index (κ1) is 16.3. The van der Waals surface area contributed by atoms with Gasteiger partial charge in [0, 0.05) is 11.1 Å². The lowest BCUT2D eigenvalue weighted by Gasteiger charge is -2.12. The Kier molecular flexibility index (Phi) is 4.70. The smallest absolute Gasteiger partial charge is 0.234 e. The number of nitrogens with zero attached hydrogens (tertiary/aromatic N) is 2. The molecule has 0 spiro atoms. The standard InChI is InChI=1S/C21H24N2O/c1-4-5-9-18-20(17-13-11-15(2)12-14-17)23(22-21(18)24)19-10-7-6-8-16(19)3/h6-8,10-14H,4-5,9H2,1-3H3,(H,22,24). The normalized spacial score (nSPS) is 11.0. The number of hydrogen-bond donors (Lipinski definition) is 1. The van der Waals surface area contributed by atoms with E-state index in [2.05, 4.69) is 56.2 Å². The minimum Gasteiger partial charge on any atom is -0.492 e. The average molecular weight is 320 g/mol. The van der Waals surface area contributed by atoms with Crippen molar-refractivity contribution in [3.8, 4) is 22.8 Å². The van der Waals surface area contributed by atoms with Crippen LogP contribution in [0.5, 0.6) is 5.88 Å². The molecule has 124 valence electrons. The molecule has 0 aliphatic carbocycles. The van der Waals surface area contributed by atoms with E-state index in [4.69, 9.17) is 0 Å². The highest BCUT2D eigenvalue weighted by Gasteiger charge is 2.20. The summed E-state index contributed by atoms with van der Waals surface area (Å²) < 4.78 is 1.89. The molecule has 0 bridgehead atoms. The monoisotopic (exact) mass is 320 g/mol. The topological polar surface area (TPSA) is 38.1 Å². The molecule has 3 heteroatoms. The van der Waals surface area contributed by atoms with Crippen LogP contribution in [-0.2, 0) is 6.42 Å². The van der Waals surface area contributed by atoms with Gasteiger partial charge in [0.25, 0.3) is 0 Å². The summed E-state index contributed by atoms with van der Waals surface area (Å²) in [4.78, 5) is 0. The Balaban J connectivity index is 2.22. The van der Waals surface area contributed by atoms with Gasteiger partial charge in [-0.2, -0.15) is 0 Å². The number of unbranched alkanes of at least 4 members (excludes halogenated alkanes) is 1. The van der Waals surface area contributed by atoms with Crippen LogP contribution >= 0.6 is 0 Å². The summed E-state index contributed by atoms with van der Waals surface area (Å²) in [5.41, 5.74) is 6.38. The van der Waals surface area contributed by atoms with Gasteiger partial charge >= 0.3 is 0 Å². The fourth-order valence-electron chi connectivity index (χ4n) is 3.01. The third-order valence-corrected chi connectivity index (χ3v) is 4.41. The Hall–Kier alpha value is -2.55. The van der Waals surface area contributed by atoms with Crippen molar-refractivity contribution in [3.63, 3.8) is 0 Å². The lowest BCUT2D eigenvalue weighted by Crippen LogP contribution is -2.02. The minimum absolute atomic E-state index is 0.141. The molecule has 2 aromatic carbocycles. The zero-order valence-electron chi connectivity index (χ0n) is 14.6. The Bertz CT molecular complexity index is 832. The fraction of sp³-hybridized carbons (Fsp3) is 0.286. The molecule has 0 saturated heterocycles. The van der Waals surface area contributed by atoms with E-state index < -0.39 is 0 Å². The van der Waals surface area contributed by atoms with Crippen molar-refractivity contribution in [2.24, 2.45) is 0 Å². The SMILES string of the molecule is CCCCc1c(O)nn(-c2ccccc2C)c1-c1ccc(C)cc1. The van der Waals surface area contributed by atoms with Gasteiger partial charge in [-0.1, -0.05) is 61.4 Å². The third kappa shape index (κ3) is 3.07. The highest BCUT2D eigenvalue weighted by atomic mass is 16.3. The van der Waals surface area contributed by atoms with Crippen molar-refractivity contribution in [1.82, 2.24) is 9.78 Å². The molecule has 1 heterocycles. The molecule has 0 unspecified atom stereocenters. The summed E-state index contributed by atoms with van der Waals surface area (Å²) >= 11 is 0. The average Bonchev–Trinajstić information content (AvgIpc) is 2.90. The number of benzene rings is 2. The maximum atomic E-state index is 10.5. The van der Waals surface area contributed by atoms with Gasteiger partial charge in [0.05, 0.1) is 11.4 Å². The van der Waals surface area contributed by atoms with Gasteiger partial charge in [-0.25, -0.2) is 4.68 Å². The number of para-hydroxylation sites is 1. The molecule has 24 heavy (non-hydrogen) atoms. The van der Waals surface area contributed by atoms with Crippen LogP contribution in [0, 0.1) is 13.8 Å². The molecule has 3 rings (SSSR count). The van der Waals surface area contributed by atoms with Gasteiger partial charge in [-0.05, 0) is 38.3 Å². The highest BCUT2D eigenvalue weighted by molar-refractivity contribution is 5.69. The number of hydrogen-bond acceptors (Lipinski definition) is 2. The predicted octanol–water partition coefficient (Wildman–Crippen LogP) is 5.20. The summed E-state index contributed by atoms with van der Waals surface area (Å²) in [6, 6.07) is 16.6. The lowest BCUT2D eigenvalue weighted by atomic mass is 10.0. The molecule has 0 saturated carbocycles. The molecule has 0 atom stereocenters.